The number of hydrogen-bond donors (Lipinski definition) is 1. The summed E-state index contributed by atoms with van der Waals surface area (Å²) in [6.07, 6.45) is 1.21. The van der Waals surface area contributed by atoms with Gasteiger partial charge in [0.05, 0.1) is 16.3 Å². The van der Waals surface area contributed by atoms with Crippen LogP contribution in [0, 0.1) is 4.78 Å². The number of rotatable bonds is 3. The van der Waals surface area contributed by atoms with Crippen molar-refractivity contribution < 1.29 is 13.7 Å². The van der Waals surface area contributed by atoms with Gasteiger partial charge in [-0.3, -0.25) is 9.57 Å². The molecule has 1 atom stereocenters. The quantitative estimate of drug-likeness (QED) is 0.608. The van der Waals surface area contributed by atoms with Gasteiger partial charge in [0.1, 0.15) is 5.75 Å². The van der Waals surface area contributed by atoms with Gasteiger partial charge in [-0.25, -0.2) is 4.21 Å². The first-order valence-electron chi connectivity index (χ1n) is 2.83. The SMILES string of the molecule is CCOC(=O)C[S@](C)(=N)=O. The molecule has 0 saturated carbocycles. The number of hydrogen-bond acceptors (Lipinski definition) is 4. The largest absolute Gasteiger partial charge is 0.465 e. The molecule has 0 unspecified atom stereocenters. The molecule has 0 aliphatic heterocycles. The van der Waals surface area contributed by atoms with E-state index in [-0.39, 0.29) is 12.4 Å². The zero-order valence-electron chi connectivity index (χ0n) is 6.05. The van der Waals surface area contributed by atoms with E-state index >= 15 is 0 Å². The van der Waals surface area contributed by atoms with Crippen LogP contribution in [0.2, 0.25) is 0 Å². The molecule has 0 aromatic carbocycles. The second-order valence-electron chi connectivity index (χ2n) is 1.95. The summed E-state index contributed by atoms with van der Waals surface area (Å²) in [5.41, 5.74) is 0. The van der Waals surface area contributed by atoms with Crippen molar-refractivity contribution in [3.05, 3.63) is 0 Å². The van der Waals surface area contributed by atoms with E-state index in [1.807, 2.05) is 0 Å². The van der Waals surface area contributed by atoms with Crippen LogP contribution in [0.5, 0.6) is 0 Å². The van der Waals surface area contributed by atoms with E-state index in [4.69, 9.17) is 4.78 Å². The van der Waals surface area contributed by atoms with Crippen molar-refractivity contribution in [3.63, 3.8) is 0 Å². The van der Waals surface area contributed by atoms with Gasteiger partial charge >= 0.3 is 5.97 Å². The van der Waals surface area contributed by atoms with Crippen molar-refractivity contribution >= 4 is 15.7 Å². The Morgan fingerprint density at radius 3 is 2.50 bits per heavy atom. The summed E-state index contributed by atoms with van der Waals surface area (Å²) in [7, 11) is -2.72. The van der Waals surface area contributed by atoms with Crippen molar-refractivity contribution in [1.82, 2.24) is 0 Å². The molecule has 1 N–H and O–H groups in total. The lowest BCUT2D eigenvalue weighted by Crippen LogP contribution is -2.15. The number of carbonyl (C=O) groups excluding carboxylic acids is 1. The standard InChI is InChI=1S/C5H11NO3S/c1-3-9-5(7)4-10(2,6)8/h6H,3-4H2,1-2H3/t10-/m1/s1. The molecule has 0 radical (unpaired) electrons. The first kappa shape index (κ1) is 9.42. The Labute approximate surface area is 60.5 Å². The molecule has 0 aliphatic rings. The van der Waals surface area contributed by atoms with Gasteiger partial charge in [-0.2, -0.15) is 0 Å². The smallest absolute Gasteiger partial charge is 0.319 e. The zero-order chi connectivity index (χ0) is 8.20. The molecular formula is C5H11NO3S. The molecule has 5 heteroatoms. The highest BCUT2D eigenvalue weighted by Crippen LogP contribution is 1.87. The van der Waals surface area contributed by atoms with Crippen LogP contribution in [0.4, 0.5) is 0 Å². The van der Waals surface area contributed by atoms with E-state index in [9.17, 15) is 9.00 Å². The van der Waals surface area contributed by atoms with Crippen molar-refractivity contribution in [2.24, 2.45) is 0 Å². The Bertz CT molecular complexity index is 207. The van der Waals surface area contributed by atoms with Crippen LogP contribution >= 0.6 is 0 Å². The van der Waals surface area contributed by atoms with Crippen LogP contribution in [0.1, 0.15) is 6.92 Å². The highest BCUT2D eigenvalue weighted by Gasteiger charge is 2.07. The van der Waals surface area contributed by atoms with Crippen molar-refractivity contribution in [2.75, 3.05) is 18.6 Å². The molecule has 0 aliphatic carbocycles. The monoisotopic (exact) mass is 165 g/mol. The maximum absolute atomic E-state index is 10.6. The summed E-state index contributed by atoms with van der Waals surface area (Å²) in [6.45, 7) is 1.94. The van der Waals surface area contributed by atoms with E-state index in [2.05, 4.69) is 4.74 Å². The lowest BCUT2D eigenvalue weighted by molar-refractivity contribution is -0.139. The van der Waals surface area contributed by atoms with Gasteiger partial charge in [0, 0.05) is 6.26 Å². The first-order valence-corrected chi connectivity index (χ1v) is 4.96. The molecule has 0 spiro atoms. The van der Waals surface area contributed by atoms with E-state index in [0.717, 1.165) is 0 Å². The van der Waals surface area contributed by atoms with Gasteiger partial charge in [0.2, 0.25) is 0 Å². The van der Waals surface area contributed by atoms with Gasteiger partial charge in [0.25, 0.3) is 0 Å². The van der Waals surface area contributed by atoms with Crippen LogP contribution in [0.3, 0.4) is 0 Å². The van der Waals surface area contributed by atoms with Crippen LogP contribution in [-0.4, -0.2) is 28.8 Å². The average Bonchev–Trinajstić information content (AvgIpc) is 1.59. The third-order valence-electron chi connectivity index (χ3n) is 0.699. The molecule has 0 rings (SSSR count). The Kier molecular flexibility index (Phi) is 3.35. The van der Waals surface area contributed by atoms with Gasteiger partial charge in [-0.05, 0) is 6.92 Å². The average molecular weight is 165 g/mol. The fourth-order valence-electron chi connectivity index (χ4n) is 0.428. The van der Waals surface area contributed by atoms with Crippen LogP contribution in [0.15, 0.2) is 0 Å². The molecule has 60 valence electrons. The Morgan fingerprint density at radius 2 is 2.20 bits per heavy atom. The Hall–Kier alpha value is -0.580. The van der Waals surface area contributed by atoms with E-state index < -0.39 is 15.7 Å². The summed E-state index contributed by atoms with van der Waals surface area (Å²) in [5.74, 6) is -0.870. The van der Waals surface area contributed by atoms with Gasteiger partial charge < -0.3 is 4.74 Å². The predicted octanol–water partition coefficient (Wildman–Crippen LogP) is 0.226. The Morgan fingerprint density at radius 1 is 1.70 bits per heavy atom. The number of esters is 1. The molecule has 0 aromatic heterocycles. The summed E-state index contributed by atoms with van der Waals surface area (Å²) >= 11 is 0. The van der Waals surface area contributed by atoms with Crippen molar-refractivity contribution in [3.8, 4) is 0 Å². The molecule has 0 amide bonds. The van der Waals surface area contributed by atoms with E-state index in [1.54, 1.807) is 6.92 Å². The molecule has 10 heavy (non-hydrogen) atoms. The second kappa shape index (κ2) is 3.55. The summed E-state index contributed by atoms with van der Waals surface area (Å²) < 4.78 is 22.0. The van der Waals surface area contributed by atoms with Crippen molar-refractivity contribution in [1.29, 1.82) is 4.78 Å². The van der Waals surface area contributed by atoms with Crippen LogP contribution in [0.25, 0.3) is 0 Å². The zero-order valence-corrected chi connectivity index (χ0v) is 6.86. The maximum atomic E-state index is 10.6. The summed E-state index contributed by atoms with van der Waals surface area (Å²) in [4.78, 5) is 10.5. The van der Waals surface area contributed by atoms with E-state index in [0.29, 0.717) is 0 Å². The highest BCUT2D eigenvalue weighted by molar-refractivity contribution is 7.92. The molecule has 0 bridgehead atoms. The molecule has 0 aromatic rings. The van der Waals surface area contributed by atoms with Crippen LogP contribution in [-0.2, 0) is 19.3 Å². The van der Waals surface area contributed by atoms with Crippen LogP contribution < -0.4 is 0 Å². The Balaban J connectivity index is 3.82. The molecule has 0 fully saturated rings. The minimum atomic E-state index is -2.72. The predicted molar refractivity (Wildman–Crippen MR) is 38.3 cm³/mol. The number of nitrogens with one attached hydrogen (secondary N) is 1. The molecule has 0 saturated heterocycles. The summed E-state index contributed by atoms with van der Waals surface area (Å²) in [5, 5.41) is 0. The fraction of sp³-hybridized carbons (Fsp3) is 0.800. The van der Waals surface area contributed by atoms with Gasteiger partial charge in [-0.15, -0.1) is 0 Å². The minimum absolute atomic E-state index is 0.272. The normalized spacial score (nSPS) is 15.8. The van der Waals surface area contributed by atoms with Gasteiger partial charge in [-0.1, -0.05) is 0 Å². The summed E-state index contributed by atoms with van der Waals surface area (Å²) in [6, 6.07) is 0. The minimum Gasteiger partial charge on any atom is -0.465 e. The van der Waals surface area contributed by atoms with Crippen molar-refractivity contribution in [2.45, 2.75) is 6.92 Å². The number of carbonyl (C=O) groups is 1. The number of ether oxygens (including phenoxy) is 1. The van der Waals surface area contributed by atoms with Gasteiger partial charge in [0.15, 0.2) is 0 Å². The van der Waals surface area contributed by atoms with E-state index in [1.165, 1.54) is 6.26 Å². The maximum Gasteiger partial charge on any atom is 0.319 e. The molecule has 0 heterocycles. The molecular weight excluding hydrogens is 154 g/mol. The lowest BCUT2D eigenvalue weighted by atomic mass is 10.8. The third-order valence-corrected chi connectivity index (χ3v) is 1.49. The second-order valence-corrected chi connectivity index (χ2v) is 4.25. The highest BCUT2D eigenvalue weighted by atomic mass is 32.2. The first-order chi connectivity index (χ1) is 4.45. The fourth-order valence-corrected chi connectivity index (χ4v) is 0.961. The topological polar surface area (TPSA) is 67.2 Å². The molecule has 4 nitrogen and oxygen atoms in total. The third kappa shape index (κ3) is 5.55. The lowest BCUT2D eigenvalue weighted by Gasteiger charge is -1.99.